The third-order valence-electron chi connectivity index (χ3n) is 3.61. The van der Waals surface area contributed by atoms with Crippen LogP contribution in [0.4, 0.5) is 5.69 Å². The Bertz CT molecular complexity index is 400. The van der Waals surface area contributed by atoms with E-state index in [4.69, 9.17) is 4.74 Å². The molecule has 0 aromatic heterocycles. The minimum Gasteiger partial charge on any atom is -0.494 e. The van der Waals surface area contributed by atoms with Crippen LogP contribution < -0.4 is 15.0 Å². The average molecular weight is 262 g/mol. The maximum Gasteiger partial charge on any atom is 0.119 e. The van der Waals surface area contributed by atoms with Gasteiger partial charge in [-0.05, 0) is 51.5 Å². The predicted octanol–water partition coefficient (Wildman–Crippen LogP) is 3.05. The summed E-state index contributed by atoms with van der Waals surface area (Å²) in [5, 5.41) is 3.58. The molecule has 3 nitrogen and oxygen atoms in total. The number of benzene rings is 1. The summed E-state index contributed by atoms with van der Waals surface area (Å²) in [6.45, 7) is 11.7. The standard InChI is InChI=1S/C16H26N2O/c1-5-10-19-15-8-6-14(7-9-15)18-12-16(3,4)17-11-13(18)2/h6-9,13,17H,5,10-12H2,1-4H3. The predicted molar refractivity (Wildman–Crippen MR) is 81.1 cm³/mol. The molecule has 0 amide bonds. The first-order chi connectivity index (χ1) is 9.02. The Morgan fingerprint density at radius 2 is 2.00 bits per heavy atom. The summed E-state index contributed by atoms with van der Waals surface area (Å²) in [4.78, 5) is 2.47. The lowest BCUT2D eigenvalue weighted by Crippen LogP contribution is -2.61. The van der Waals surface area contributed by atoms with Gasteiger partial charge in [0.05, 0.1) is 6.61 Å². The summed E-state index contributed by atoms with van der Waals surface area (Å²) in [5.74, 6) is 0.965. The van der Waals surface area contributed by atoms with Gasteiger partial charge in [-0.2, -0.15) is 0 Å². The topological polar surface area (TPSA) is 24.5 Å². The Kier molecular flexibility index (Phi) is 4.35. The van der Waals surface area contributed by atoms with Crippen LogP contribution in [0.3, 0.4) is 0 Å². The second-order valence-electron chi connectivity index (χ2n) is 6.08. The molecule has 0 bridgehead atoms. The Labute approximate surface area is 116 Å². The third kappa shape index (κ3) is 3.63. The molecular weight excluding hydrogens is 236 g/mol. The van der Waals surface area contributed by atoms with Crippen LogP contribution in [0, 0.1) is 0 Å². The quantitative estimate of drug-likeness (QED) is 0.902. The van der Waals surface area contributed by atoms with Gasteiger partial charge < -0.3 is 15.0 Å². The Hall–Kier alpha value is -1.22. The van der Waals surface area contributed by atoms with Crippen LogP contribution in [-0.4, -0.2) is 31.3 Å². The molecule has 2 rings (SSSR count). The van der Waals surface area contributed by atoms with E-state index in [0.29, 0.717) is 6.04 Å². The number of nitrogens with one attached hydrogen (secondary N) is 1. The molecule has 1 aliphatic heterocycles. The van der Waals surface area contributed by atoms with Crippen LogP contribution in [0.2, 0.25) is 0 Å². The van der Waals surface area contributed by atoms with Crippen molar-refractivity contribution in [2.75, 3.05) is 24.6 Å². The van der Waals surface area contributed by atoms with E-state index in [2.05, 4.69) is 62.2 Å². The van der Waals surface area contributed by atoms with Crippen molar-refractivity contribution in [1.82, 2.24) is 5.32 Å². The van der Waals surface area contributed by atoms with E-state index < -0.39 is 0 Å². The van der Waals surface area contributed by atoms with Crippen LogP contribution in [0.1, 0.15) is 34.1 Å². The maximum absolute atomic E-state index is 5.63. The Morgan fingerprint density at radius 3 is 2.63 bits per heavy atom. The molecule has 1 saturated heterocycles. The molecule has 1 atom stereocenters. The second kappa shape index (κ2) is 5.83. The van der Waals surface area contributed by atoms with Crippen LogP contribution in [0.15, 0.2) is 24.3 Å². The molecule has 1 fully saturated rings. The van der Waals surface area contributed by atoms with Gasteiger partial charge in [-0.25, -0.2) is 0 Å². The number of piperazine rings is 1. The van der Waals surface area contributed by atoms with Crippen LogP contribution in [-0.2, 0) is 0 Å². The Balaban J connectivity index is 2.07. The number of rotatable bonds is 4. The third-order valence-corrected chi connectivity index (χ3v) is 3.61. The van der Waals surface area contributed by atoms with Crippen LogP contribution in [0.5, 0.6) is 5.75 Å². The molecule has 0 saturated carbocycles. The fourth-order valence-electron chi connectivity index (χ4n) is 2.47. The van der Waals surface area contributed by atoms with E-state index in [-0.39, 0.29) is 5.54 Å². The SMILES string of the molecule is CCCOc1ccc(N2CC(C)(C)NCC2C)cc1. The molecule has 1 aliphatic rings. The number of hydrogen-bond donors (Lipinski definition) is 1. The highest BCUT2D eigenvalue weighted by Gasteiger charge is 2.30. The number of nitrogens with zero attached hydrogens (tertiary/aromatic N) is 1. The molecule has 1 N–H and O–H groups in total. The van der Waals surface area contributed by atoms with Crippen LogP contribution >= 0.6 is 0 Å². The molecule has 19 heavy (non-hydrogen) atoms. The largest absolute Gasteiger partial charge is 0.494 e. The lowest BCUT2D eigenvalue weighted by Gasteiger charge is -2.44. The van der Waals surface area contributed by atoms with Gasteiger partial charge in [0.1, 0.15) is 5.75 Å². The molecule has 0 spiro atoms. The first-order valence-corrected chi connectivity index (χ1v) is 7.26. The monoisotopic (exact) mass is 262 g/mol. The minimum atomic E-state index is 0.171. The molecule has 3 heteroatoms. The van der Waals surface area contributed by atoms with Gasteiger partial charge in [-0.1, -0.05) is 6.92 Å². The van der Waals surface area contributed by atoms with Gasteiger partial charge in [-0.15, -0.1) is 0 Å². The summed E-state index contributed by atoms with van der Waals surface area (Å²) in [6.07, 6.45) is 1.05. The van der Waals surface area contributed by atoms with Crippen molar-refractivity contribution in [2.45, 2.75) is 45.7 Å². The fraction of sp³-hybridized carbons (Fsp3) is 0.625. The van der Waals surface area contributed by atoms with Crippen molar-refractivity contribution in [3.05, 3.63) is 24.3 Å². The lowest BCUT2D eigenvalue weighted by atomic mass is 9.98. The van der Waals surface area contributed by atoms with E-state index in [1.165, 1.54) is 5.69 Å². The van der Waals surface area contributed by atoms with Crippen molar-refractivity contribution >= 4 is 5.69 Å². The van der Waals surface area contributed by atoms with E-state index in [9.17, 15) is 0 Å². The minimum absolute atomic E-state index is 0.171. The zero-order valence-corrected chi connectivity index (χ0v) is 12.6. The maximum atomic E-state index is 5.63. The van der Waals surface area contributed by atoms with Gasteiger partial charge in [0.2, 0.25) is 0 Å². The van der Waals surface area contributed by atoms with Gasteiger partial charge in [0, 0.05) is 30.4 Å². The van der Waals surface area contributed by atoms with Crippen molar-refractivity contribution in [3.63, 3.8) is 0 Å². The normalized spacial score (nSPS) is 22.3. The molecule has 1 unspecified atom stereocenters. The molecule has 106 valence electrons. The molecule has 1 aromatic carbocycles. The second-order valence-corrected chi connectivity index (χ2v) is 6.08. The van der Waals surface area contributed by atoms with Crippen molar-refractivity contribution in [2.24, 2.45) is 0 Å². The molecule has 0 radical (unpaired) electrons. The number of anilines is 1. The first-order valence-electron chi connectivity index (χ1n) is 7.26. The highest BCUT2D eigenvalue weighted by atomic mass is 16.5. The summed E-state index contributed by atoms with van der Waals surface area (Å²) < 4.78 is 5.63. The molecular formula is C16H26N2O. The fourth-order valence-corrected chi connectivity index (χ4v) is 2.47. The summed E-state index contributed by atoms with van der Waals surface area (Å²) >= 11 is 0. The number of hydrogen-bond acceptors (Lipinski definition) is 3. The van der Waals surface area contributed by atoms with E-state index in [0.717, 1.165) is 31.9 Å². The van der Waals surface area contributed by atoms with E-state index in [1.54, 1.807) is 0 Å². The van der Waals surface area contributed by atoms with Crippen LogP contribution in [0.25, 0.3) is 0 Å². The number of ether oxygens (including phenoxy) is 1. The average Bonchev–Trinajstić information content (AvgIpc) is 2.40. The zero-order valence-electron chi connectivity index (χ0n) is 12.6. The summed E-state index contributed by atoms with van der Waals surface area (Å²) in [7, 11) is 0. The summed E-state index contributed by atoms with van der Waals surface area (Å²) in [6, 6.07) is 9.01. The van der Waals surface area contributed by atoms with E-state index >= 15 is 0 Å². The smallest absolute Gasteiger partial charge is 0.119 e. The molecule has 1 heterocycles. The zero-order chi connectivity index (χ0) is 13.9. The summed E-state index contributed by atoms with van der Waals surface area (Å²) in [5.41, 5.74) is 1.45. The van der Waals surface area contributed by atoms with Gasteiger partial charge >= 0.3 is 0 Å². The highest BCUT2D eigenvalue weighted by Crippen LogP contribution is 2.25. The van der Waals surface area contributed by atoms with Crippen molar-refractivity contribution in [1.29, 1.82) is 0 Å². The van der Waals surface area contributed by atoms with Gasteiger partial charge in [0.25, 0.3) is 0 Å². The van der Waals surface area contributed by atoms with Gasteiger partial charge in [-0.3, -0.25) is 0 Å². The van der Waals surface area contributed by atoms with Crippen molar-refractivity contribution in [3.8, 4) is 5.75 Å². The van der Waals surface area contributed by atoms with Crippen molar-refractivity contribution < 1.29 is 4.74 Å². The highest BCUT2D eigenvalue weighted by molar-refractivity contribution is 5.51. The molecule has 1 aromatic rings. The lowest BCUT2D eigenvalue weighted by molar-refractivity contribution is 0.315. The van der Waals surface area contributed by atoms with E-state index in [1.807, 2.05) is 0 Å². The first kappa shape index (κ1) is 14.2. The Morgan fingerprint density at radius 1 is 1.32 bits per heavy atom. The van der Waals surface area contributed by atoms with Gasteiger partial charge in [0.15, 0.2) is 0 Å². The molecule has 0 aliphatic carbocycles.